The number of hydrogen-bond donors (Lipinski definition) is 0. The van der Waals surface area contributed by atoms with Crippen LogP contribution in [0, 0.1) is 46.3 Å². The summed E-state index contributed by atoms with van der Waals surface area (Å²) in [6, 6.07) is 4.10. The van der Waals surface area contributed by atoms with Crippen LogP contribution in [0.3, 0.4) is 0 Å². The second-order valence-electron chi connectivity index (χ2n) is 5.43. The predicted molar refractivity (Wildman–Crippen MR) is 76.9 cm³/mol. The van der Waals surface area contributed by atoms with E-state index in [2.05, 4.69) is 0 Å². The molecule has 22 heavy (non-hydrogen) atoms. The quantitative estimate of drug-likeness (QED) is 0.697. The molecule has 4 atom stereocenters. The van der Waals surface area contributed by atoms with Gasteiger partial charge in [-0.1, -0.05) is 0 Å². The number of nitrogens with zero attached hydrogens (tertiary/aromatic N) is 2. The third-order valence-corrected chi connectivity index (χ3v) is 3.73. The van der Waals surface area contributed by atoms with E-state index in [1.807, 2.05) is 12.1 Å². The summed E-state index contributed by atoms with van der Waals surface area (Å²) >= 11 is 0. The third kappa shape index (κ3) is 5.73. The summed E-state index contributed by atoms with van der Waals surface area (Å²) in [7, 11) is 0. The first-order chi connectivity index (χ1) is 10.6. The van der Waals surface area contributed by atoms with E-state index in [0.717, 1.165) is 12.8 Å². The Hall–Kier alpha value is -2.08. The van der Waals surface area contributed by atoms with Gasteiger partial charge in [0.05, 0.1) is 37.2 Å². The molecule has 0 aliphatic heterocycles. The minimum Gasteiger partial charge on any atom is -0.466 e. The molecule has 0 heterocycles. The van der Waals surface area contributed by atoms with Crippen LogP contribution in [0.2, 0.25) is 0 Å². The van der Waals surface area contributed by atoms with Gasteiger partial charge < -0.3 is 9.47 Å². The molecule has 0 bridgehead atoms. The molecular weight excluding hydrogens is 284 g/mol. The maximum Gasteiger partial charge on any atom is 0.309 e. The van der Waals surface area contributed by atoms with E-state index in [4.69, 9.17) is 20.0 Å². The van der Waals surface area contributed by atoms with E-state index in [1.54, 1.807) is 13.8 Å². The Morgan fingerprint density at radius 2 is 1.27 bits per heavy atom. The Morgan fingerprint density at radius 1 is 0.909 bits per heavy atom. The summed E-state index contributed by atoms with van der Waals surface area (Å²) in [6.07, 6.45) is 2.66. The molecule has 0 spiro atoms. The highest BCUT2D eigenvalue weighted by Crippen LogP contribution is 2.42. The highest BCUT2D eigenvalue weighted by molar-refractivity contribution is 5.76. The Balaban J connectivity index is 0.000000220. The SMILES string of the molecule is CCOC(=O)[C@@H]1C[C@@H]1CC#N.CCOC(=O)[C@H]1C[C@H]1CC#N. The molecule has 2 aliphatic carbocycles. The van der Waals surface area contributed by atoms with Gasteiger partial charge in [0, 0.05) is 12.8 Å². The van der Waals surface area contributed by atoms with Crippen LogP contribution in [0.4, 0.5) is 0 Å². The zero-order valence-electron chi connectivity index (χ0n) is 13.1. The lowest BCUT2D eigenvalue weighted by atomic mass is 10.2. The number of ether oxygens (including phenoxy) is 2. The molecule has 120 valence electrons. The summed E-state index contributed by atoms with van der Waals surface area (Å²) in [5.74, 6) is 0.336. The molecule has 0 saturated heterocycles. The van der Waals surface area contributed by atoms with Crippen molar-refractivity contribution in [1.29, 1.82) is 10.5 Å². The van der Waals surface area contributed by atoms with Crippen LogP contribution in [0.1, 0.15) is 39.5 Å². The van der Waals surface area contributed by atoms with Crippen molar-refractivity contribution in [3.05, 3.63) is 0 Å². The van der Waals surface area contributed by atoms with Gasteiger partial charge in [0.25, 0.3) is 0 Å². The Labute approximate surface area is 131 Å². The van der Waals surface area contributed by atoms with Crippen LogP contribution in [0.5, 0.6) is 0 Å². The Kier molecular flexibility index (Phi) is 7.39. The molecule has 0 aromatic carbocycles. The lowest BCUT2D eigenvalue weighted by molar-refractivity contribution is -0.145. The fourth-order valence-corrected chi connectivity index (χ4v) is 2.26. The summed E-state index contributed by atoms with van der Waals surface area (Å²) in [6.45, 7) is 4.46. The number of rotatable bonds is 6. The van der Waals surface area contributed by atoms with Crippen LogP contribution in [-0.4, -0.2) is 25.2 Å². The van der Waals surface area contributed by atoms with E-state index in [1.165, 1.54) is 0 Å². The van der Waals surface area contributed by atoms with Crippen molar-refractivity contribution in [3.63, 3.8) is 0 Å². The maximum absolute atomic E-state index is 11.0. The van der Waals surface area contributed by atoms with Crippen LogP contribution in [-0.2, 0) is 19.1 Å². The second kappa shape index (κ2) is 9.04. The molecule has 0 amide bonds. The molecule has 2 fully saturated rings. The standard InChI is InChI=1S/2C8H11NO2/c2*1-2-11-8(10)7-5-6(7)3-4-9/h2*6-7H,2-3,5H2,1H3/t2*6-,7+/m10/s1. The lowest BCUT2D eigenvalue weighted by Gasteiger charge is -1.97. The second-order valence-corrected chi connectivity index (χ2v) is 5.43. The van der Waals surface area contributed by atoms with E-state index < -0.39 is 0 Å². The van der Waals surface area contributed by atoms with Crippen LogP contribution < -0.4 is 0 Å². The predicted octanol–water partition coefficient (Wildman–Crippen LogP) is 2.20. The topological polar surface area (TPSA) is 100 Å². The molecule has 0 aromatic rings. The lowest BCUT2D eigenvalue weighted by Crippen LogP contribution is -2.07. The molecule has 0 N–H and O–H groups in total. The average molecular weight is 306 g/mol. The highest BCUT2D eigenvalue weighted by atomic mass is 16.5. The van der Waals surface area contributed by atoms with E-state index in [-0.39, 0.29) is 35.6 Å². The molecule has 0 unspecified atom stereocenters. The number of carbonyl (C=O) groups excluding carboxylic acids is 2. The summed E-state index contributed by atoms with van der Waals surface area (Å²) in [5, 5.41) is 16.6. The molecule has 2 saturated carbocycles. The van der Waals surface area contributed by atoms with Crippen molar-refractivity contribution in [2.24, 2.45) is 23.7 Å². The molecule has 6 heteroatoms. The normalized spacial score (nSPS) is 27.3. The van der Waals surface area contributed by atoms with Gasteiger partial charge in [0.1, 0.15) is 0 Å². The van der Waals surface area contributed by atoms with Crippen molar-refractivity contribution in [1.82, 2.24) is 0 Å². The van der Waals surface area contributed by atoms with Crippen molar-refractivity contribution >= 4 is 11.9 Å². The fourth-order valence-electron chi connectivity index (χ4n) is 2.26. The first-order valence-electron chi connectivity index (χ1n) is 7.66. The third-order valence-electron chi connectivity index (χ3n) is 3.73. The minimum absolute atomic E-state index is 0.0228. The van der Waals surface area contributed by atoms with Crippen LogP contribution >= 0.6 is 0 Å². The molecular formula is C16H22N2O4. The Morgan fingerprint density at radius 3 is 1.55 bits per heavy atom. The number of nitriles is 2. The summed E-state index contributed by atoms with van der Waals surface area (Å²) < 4.78 is 9.59. The minimum atomic E-state index is -0.132. The zero-order valence-corrected chi connectivity index (χ0v) is 13.1. The summed E-state index contributed by atoms with van der Waals surface area (Å²) in [5.41, 5.74) is 0. The van der Waals surface area contributed by atoms with Crippen molar-refractivity contribution in [3.8, 4) is 12.1 Å². The van der Waals surface area contributed by atoms with E-state index >= 15 is 0 Å². The molecule has 6 nitrogen and oxygen atoms in total. The molecule has 2 rings (SSSR count). The fraction of sp³-hybridized carbons (Fsp3) is 0.750. The number of carbonyl (C=O) groups is 2. The van der Waals surface area contributed by atoms with Gasteiger partial charge in [0.2, 0.25) is 0 Å². The number of hydrogen-bond acceptors (Lipinski definition) is 6. The monoisotopic (exact) mass is 306 g/mol. The Bertz CT molecular complexity index is 434. The molecule has 0 radical (unpaired) electrons. The van der Waals surface area contributed by atoms with Crippen molar-refractivity contribution in [2.75, 3.05) is 13.2 Å². The average Bonchev–Trinajstić information content (AvgIpc) is 3.37. The molecule has 0 aromatic heterocycles. The van der Waals surface area contributed by atoms with Crippen molar-refractivity contribution in [2.45, 2.75) is 39.5 Å². The van der Waals surface area contributed by atoms with Gasteiger partial charge in [-0.15, -0.1) is 0 Å². The van der Waals surface area contributed by atoms with Crippen LogP contribution in [0.15, 0.2) is 0 Å². The highest BCUT2D eigenvalue weighted by Gasteiger charge is 2.44. The zero-order chi connectivity index (χ0) is 16.5. The van der Waals surface area contributed by atoms with E-state index in [9.17, 15) is 9.59 Å². The van der Waals surface area contributed by atoms with Gasteiger partial charge >= 0.3 is 11.9 Å². The van der Waals surface area contributed by atoms with Gasteiger partial charge in [-0.05, 0) is 38.5 Å². The summed E-state index contributed by atoms with van der Waals surface area (Å²) in [4.78, 5) is 21.9. The first kappa shape index (κ1) is 18.0. The van der Waals surface area contributed by atoms with Crippen LogP contribution in [0.25, 0.3) is 0 Å². The van der Waals surface area contributed by atoms with Crippen molar-refractivity contribution < 1.29 is 19.1 Å². The smallest absolute Gasteiger partial charge is 0.309 e. The number of esters is 2. The van der Waals surface area contributed by atoms with Gasteiger partial charge in [0.15, 0.2) is 0 Å². The first-order valence-corrected chi connectivity index (χ1v) is 7.66. The van der Waals surface area contributed by atoms with Gasteiger partial charge in [-0.3, -0.25) is 9.59 Å². The molecule has 2 aliphatic rings. The van der Waals surface area contributed by atoms with Gasteiger partial charge in [-0.2, -0.15) is 10.5 Å². The maximum atomic E-state index is 11.0. The van der Waals surface area contributed by atoms with Gasteiger partial charge in [-0.25, -0.2) is 0 Å². The van der Waals surface area contributed by atoms with E-state index in [0.29, 0.717) is 26.1 Å². The largest absolute Gasteiger partial charge is 0.466 e.